The molecule has 2 aliphatic rings. The third kappa shape index (κ3) is 1.80. The third-order valence-electron chi connectivity index (χ3n) is 4.82. The molecule has 0 spiro atoms. The van der Waals surface area contributed by atoms with Crippen LogP contribution in [0.1, 0.15) is 22.3 Å². The molecule has 2 heteroatoms. The van der Waals surface area contributed by atoms with E-state index in [4.69, 9.17) is 0 Å². The summed E-state index contributed by atoms with van der Waals surface area (Å²) < 4.78 is 2.32. The van der Waals surface area contributed by atoms with Gasteiger partial charge in [-0.3, -0.25) is 0 Å². The number of hydrogen-bond acceptors (Lipinski definition) is 0. The van der Waals surface area contributed by atoms with Gasteiger partial charge < -0.3 is 0 Å². The van der Waals surface area contributed by atoms with Crippen molar-refractivity contribution in [3.05, 3.63) is 79.7 Å². The molecular formula is C20H12Br2. The van der Waals surface area contributed by atoms with Crippen molar-refractivity contribution < 1.29 is 0 Å². The van der Waals surface area contributed by atoms with Gasteiger partial charge in [-0.15, -0.1) is 0 Å². The fraction of sp³-hybridized carbons (Fsp3) is 0.100. The van der Waals surface area contributed by atoms with Gasteiger partial charge >= 0.3 is 0 Å². The number of hydrogen-bond donors (Lipinski definition) is 0. The predicted molar refractivity (Wildman–Crippen MR) is 98.3 cm³/mol. The molecule has 3 aromatic rings. The summed E-state index contributed by atoms with van der Waals surface area (Å²) in [4.78, 5) is 0. The number of fused-ring (bicyclic) bond motifs is 6. The summed E-state index contributed by atoms with van der Waals surface area (Å²) in [6.07, 6.45) is 2.10. The van der Waals surface area contributed by atoms with Gasteiger partial charge in [0.1, 0.15) is 0 Å². The summed E-state index contributed by atoms with van der Waals surface area (Å²) in [7, 11) is 0. The zero-order valence-electron chi connectivity index (χ0n) is 11.8. The molecule has 106 valence electrons. The lowest BCUT2D eigenvalue weighted by atomic mass is 9.98. The zero-order valence-corrected chi connectivity index (χ0v) is 15.0. The van der Waals surface area contributed by atoms with Gasteiger partial charge in [-0.25, -0.2) is 0 Å². The molecule has 0 amide bonds. The van der Waals surface area contributed by atoms with Gasteiger partial charge in [0, 0.05) is 8.95 Å². The molecule has 0 saturated heterocycles. The van der Waals surface area contributed by atoms with Crippen LogP contribution in [0.15, 0.2) is 57.5 Å². The Morgan fingerprint density at radius 2 is 0.909 bits per heavy atom. The van der Waals surface area contributed by atoms with E-state index in [1.54, 1.807) is 0 Å². The Labute approximate surface area is 146 Å². The fourth-order valence-electron chi connectivity index (χ4n) is 3.80. The number of halogens is 2. The lowest BCUT2D eigenvalue weighted by Gasteiger charge is -2.07. The lowest BCUT2D eigenvalue weighted by molar-refractivity contribution is 1.24. The van der Waals surface area contributed by atoms with Gasteiger partial charge in [-0.2, -0.15) is 0 Å². The van der Waals surface area contributed by atoms with Crippen molar-refractivity contribution >= 4 is 31.9 Å². The molecule has 0 aliphatic heterocycles. The monoisotopic (exact) mass is 410 g/mol. The summed E-state index contributed by atoms with van der Waals surface area (Å²) >= 11 is 7.21. The minimum Gasteiger partial charge on any atom is -0.0570 e. The number of rotatable bonds is 0. The first-order valence-corrected chi connectivity index (χ1v) is 9.01. The van der Waals surface area contributed by atoms with E-state index < -0.39 is 0 Å². The van der Waals surface area contributed by atoms with E-state index in [1.165, 1.54) is 44.5 Å². The molecule has 0 N–H and O–H groups in total. The van der Waals surface area contributed by atoms with Crippen LogP contribution >= 0.6 is 31.9 Å². The first-order valence-electron chi connectivity index (χ1n) is 7.42. The highest BCUT2D eigenvalue weighted by Crippen LogP contribution is 2.45. The lowest BCUT2D eigenvalue weighted by Crippen LogP contribution is -1.85. The van der Waals surface area contributed by atoms with Crippen LogP contribution in [0.2, 0.25) is 0 Å². The van der Waals surface area contributed by atoms with E-state index >= 15 is 0 Å². The summed E-state index contributed by atoms with van der Waals surface area (Å²) in [6, 6.07) is 18.1. The van der Waals surface area contributed by atoms with Crippen molar-refractivity contribution in [1.82, 2.24) is 0 Å². The highest BCUT2D eigenvalue weighted by Gasteiger charge is 2.25. The highest BCUT2D eigenvalue weighted by atomic mass is 79.9. The maximum Gasteiger partial charge on any atom is 0.0181 e. The van der Waals surface area contributed by atoms with Crippen LogP contribution in [-0.4, -0.2) is 0 Å². The van der Waals surface area contributed by atoms with Crippen molar-refractivity contribution in [1.29, 1.82) is 0 Å². The second-order valence-electron chi connectivity index (χ2n) is 6.12. The summed E-state index contributed by atoms with van der Waals surface area (Å²) in [5.41, 5.74) is 11.4. The molecule has 0 aromatic heterocycles. The van der Waals surface area contributed by atoms with E-state index in [9.17, 15) is 0 Å². The first-order chi connectivity index (χ1) is 10.7. The van der Waals surface area contributed by atoms with Crippen LogP contribution in [0, 0.1) is 0 Å². The Morgan fingerprint density at radius 3 is 1.36 bits per heavy atom. The average molecular weight is 412 g/mol. The van der Waals surface area contributed by atoms with Gasteiger partial charge in [-0.1, -0.05) is 44.0 Å². The Kier molecular flexibility index (Phi) is 2.71. The summed E-state index contributed by atoms with van der Waals surface area (Å²) in [6.45, 7) is 0. The van der Waals surface area contributed by atoms with Gasteiger partial charge in [0.25, 0.3) is 0 Å². The smallest absolute Gasteiger partial charge is 0.0181 e. The number of benzene rings is 3. The molecule has 0 atom stereocenters. The van der Waals surface area contributed by atoms with E-state index in [2.05, 4.69) is 80.4 Å². The second kappa shape index (κ2) is 4.56. The minimum atomic E-state index is 1.05. The molecule has 0 fully saturated rings. The minimum absolute atomic E-state index is 1.05. The Balaban J connectivity index is 1.73. The quantitative estimate of drug-likeness (QED) is 0.278. The molecule has 0 nitrogen and oxygen atoms in total. The molecule has 3 aromatic carbocycles. The van der Waals surface area contributed by atoms with Gasteiger partial charge in [0.05, 0.1) is 0 Å². The maximum absolute atomic E-state index is 3.61. The van der Waals surface area contributed by atoms with E-state index in [1.807, 2.05) is 0 Å². The van der Waals surface area contributed by atoms with Crippen LogP contribution in [0.3, 0.4) is 0 Å². The van der Waals surface area contributed by atoms with Gasteiger partial charge in [0.2, 0.25) is 0 Å². The summed E-state index contributed by atoms with van der Waals surface area (Å²) in [5.74, 6) is 0. The topological polar surface area (TPSA) is 0 Å². The average Bonchev–Trinajstić information content (AvgIpc) is 3.02. The van der Waals surface area contributed by atoms with E-state index in [-0.39, 0.29) is 0 Å². The van der Waals surface area contributed by atoms with Crippen molar-refractivity contribution in [2.24, 2.45) is 0 Å². The first kappa shape index (κ1) is 13.1. The highest BCUT2D eigenvalue weighted by molar-refractivity contribution is 9.10. The van der Waals surface area contributed by atoms with Crippen LogP contribution < -0.4 is 0 Å². The molecule has 0 saturated carbocycles. The van der Waals surface area contributed by atoms with Crippen molar-refractivity contribution in [3.8, 4) is 22.3 Å². The van der Waals surface area contributed by atoms with Crippen molar-refractivity contribution in [3.63, 3.8) is 0 Å². The molecule has 2 aliphatic carbocycles. The molecule has 5 rings (SSSR count). The van der Waals surface area contributed by atoms with Crippen molar-refractivity contribution in [2.75, 3.05) is 0 Å². The standard InChI is InChI=1S/C20H12Br2/c21-15-3-1-11-5-13-7-18-14(8-17(13)19(11)9-15)6-12-2-4-16(22)10-20(12)18/h1-4,7-10H,5-6H2. The predicted octanol–water partition coefficient (Wildman–Crippen LogP) is 6.35. The molecule has 22 heavy (non-hydrogen) atoms. The Bertz CT molecular complexity index is 875. The Hall–Kier alpha value is -1.38. The van der Waals surface area contributed by atoms with E-state index in [0.717, 1.165) is 21.8 Å². The summed E-state index contributed by atoms with van der Waals surface area (Å²) in [5, 5.41) is 0. The van der Waals surface area contributed by atoms with Crippen LogP contribution in [0.25, 0.3) is 22.3 Å². The van der Waals surface area contributed by atoms with Crippen LogP contribution in [0.4, 0.5) is 0 Å². The molecular weight excluding hydrogens is 400 g/mol. The SMILES string of the molecule is Brc1ccc2c(c1)-c1cc3c(cc1C2)-c1cc(Br)ccc1C3. The second-order valence-corrected chi connectivity index (χ2v) is 7.95. The molecule has 0 unspecified atom stereocenters. The molecule has 0 heterocycles. The zero-order chi connectivity index (χ0) is 14.8. The Morgan fingerprint density at radius 1 is 0.500 bits per heavy atom. The van der Waals surface area contributed by atoms with Crippen LogP contribution in [-0.2, 0) is 12.8 Å². The maximum atomic E-state index is 3.61. The van der Waals surface area contributed by atoms with Gasteiger partial charge in [-0.05, 0) is 93.7 Å². The normalized spacial score (nSPS) is 13.5. The van der Waals surface area contributed by atoms with Crippen LogP contribution in [0.5, 0.6) is 0 Å². The molecule has 0 bridgehead atoms. The fourth-order valence-corrected chi connectivity index (χ4v) is 4.52. The largest absolute Gasteiger partial charge is 0.0570 e. The van der Waals surface area contributed by atoms with Gasteiger partial charge in [0.15, 0.2) is 0 Å². The third-order valence-corrected chi connectivity index (χ3v) is 5.80. The van der Waals surface area contributed by atoms with Crippen molar-refractivity contribution in [2.45, 2.75) is 12.8 Å². The van der Waals surface area contributed by atoms with E-state index in [0.29, 0.717) is 0 Å². The molecule has 0 radical (unpaired) electrons.